The van der Waals surface area contributed by atoms with Gasteiger partial charge in [0.15, 0.2) is 0 Å². The van der Waals surface area contributed by atoms with Crippen LogP contribution < -0.4 is 10.1 Å². The van der Waals surface area contributed by atoms with Crippen LogP contribution in [-0.4, -0.2) is 54.2 Å². The number of hydrogen-bond acceptors (Lipinski definition) is 6. The Morgan fingerprint density at radius 1 is 1.14 bits per heavy atom. The number of ether oxygens (including phenoxy) is 2. The van der Waals surface area contributed by atoms with Gasteiger partial charge in [-0.3, -0.25) is 9.78 Å². The first-order valence-corrected chi connectivity index (χ1v) is 11.8. The third-order valence-corrected chi connectivity index (χ3v) is 6.28. The lowest BCUT2D eigenvalue weighted by atomic mass is 9.95. The average molecular weight is 469 g/mol. The van der Waals surface area contributed by atoms with Gasteiger partial charge < -0.3 is 19.7 Å². The normalized spacial score (nSPS) is 16.0. The van der Waals surface area contributed by atoms with Crippen molar-refractivity contribution in [1.82, 2.24) is 14.9 Å². The standard InChI is InChI=1S/C28H28N4O3/c1-34-24-8-3-7-23(16-24)31-27-25(9-4-11-30-27)28(33)32-13-14-35-19-20(18-32)15-22-6-2-5-21-10-12-29-17-26(21)22/h2-12,16-17,20H,13-15,18-19H2,1H3,(H,30,31)/t20-/m0/s1. The van der Waals surface area contributed by atoms with E-state index in [1.165, 1.54) is 10.9 Å². The molecule has 0 bridgehead atoms. The van der Waals surface area contributed by atoms with Crippen LogP contribution in [0.15, 0.2) is 79.3 Å². The molecule has 0 aliphatic carbocycles. The quantitative estimate of drug-likeness (QED) is 0.442. The zero-order chi connectivity index (χ0) is 24.0. The Kier molecular flexibility index (Phi) is 6.86. The van der Waals surface area contributed by atoms with Crippen molar-refractivity contribution in [3.8, 4) is 5.75 Å². The van der Waals surface area contributed by atoms with E-state index in [0.29, 0.717) is 37.7 Å². The number of hydrogen-bond donors (Lipinski definition) is 1. The number of methoxy groups -OCH3 is 1. The van der Waals surface area contributed by atoms with Crippen LogP contribution in [0.4, 0.5) is 11.5 Å². The maximum Gasteiger partial charge on any atom is 0.257 e. The summed E-state index contributed by atoms with van der Waals surface area (Å²) in [6, 6.07) is 19.5. The van der Waals surface area contributed by atoms with Crippen LogP contribution >= 0.6 is 0 Å². The van der Waals surface area contributed by atoms with E-state index in [4.69, 9.17) is 9.47 Å². The summed E-state index contributed by atoms with van der Waals surface area (Å²) in [4.78, 5) is 24.3. The van der Waals surface area contributed by atoms with Crippen molar-refractivity contribution in [2.24, 2.45) is 5.92 Å². The van der Waals surface area contributed by atoms with Gasteiger partial charge in [-0.15, -0.1) is 0 Å². The van der Waals surface area contributed by atoms with E-state index in [0.717, 1.165) is 23.2 Å². The first kappa shape index (κ1) is 22.8. The topological polar surface area (TPSA) is 76.6 Å². The van der Waals surface area contributed by atoms with E-state index in [-0.39, 0.29) is 11.8 Å². The second-order valence-electron chi connectivity index (χ2n) is 8.67. The van der Waals surface area contributed by atoms with E-state index in [1.54, 1.807) is 19.4 Å². The summed E-state index contributed by atoms with van der Waals surface area (Å²) in [5.41, 5.74) is 2.56. The van der Waals surface area contributed by atoms with Crippen LogP contribution in [0.1, 0.15) is 15.9 Å². The number of nitrogens with zero attached hydrogens (tertiary/aromatic N) is 3. The van der Waals surface area contributed by atoms with Crippen molar-refractivity contribution in [3.05, 3.63) is 90.4 Å². The Morgan fingerprint density at radius 3 is 2.97 bits per heavy atom. The summed E-state index contributed by atoms with van der Waals surface area (Å²) >= 11 is 0. The minimum absolute atomic E-state index is 0.0569. The predicted octanol–water partition coefficient (Wildman–Crippen LogP) is 4.71. The van der Waals surface area contributed by atoms with Crippen molar-refractivity contribution in [1.29, 1.82) is 0 Å². The molecule has 5 rings (SSSR count). The average Bonchev–Trinajstić information content (AvgIpc) is 3.14. The van der Waals surface area contributed by atoms with Gasteiger partial charge in [-0.2, -0.15) is 0 Å². The summed E-state index contributed by atoms with van der Waals surface area (Å²) in [6.07, 6.45) is 6.22. The number of carbonyl (C=O) groups excluding carboxylic acids is 1. The number of amides is 1. The van der Waals surface area contributed by atoms with E-state index in [2.05, 4.69) is 33.5 Å². The number of anilines is 2. The maximum absolute atomic E-state index is 13.7. The molecule has 35 heavy (non-hydrogen) atoms. The smallest absolute Gasteiger partial charge is 0.257 e. The lowest BCUT2D eigenvalue weighted by Crippen LogP contribution is -2.36. The highest BCUT2D eigenvalue weighted by atomic mass is 16.5. The third-order valence-electron chi connectivity index (χ3n) is 6.28. The summed E-state index contributed by atoms with van der Waals surface area (Å²) in [6.45, 7) is 2.28. The molecule has 2 aromatic carbocycles. The lowest BCUT2D eigenvalue weighted by molar-refractivity contribution is 0.0738. The van der Waals surface area contributed by atoms with Crippen molar-refractivity contribution in [2.45, 2.75) is 6.42 Å². The van der Waals surface area contributed by atoms with Crippen LogP contribution in [0.2, 0.25) is 0 Å². The van der Waals surface area contributed by atoms with Gasteiger partial charge >= 0.3 is 0 Å². The minimum atomic E-state index is -0.0569. The van der Waals surface area contributed by atoms with Gasteiger partial charge in [0, 0.05) is 54.7 Å². The van der Waals surface area contributed by atoms with E-state index in [9.17, 15) is 4.79 Å². The number of aromatic nitrogens is 2. The Labute approximate surface area is 204 Å². The van der Waals surface area contributed by atoms with E-state index >= 15 is 0 Å². The highest BCUT2D eigenvalue weighted by Gasteiger charge is 2.26. The summed E-state index contributed by atoms with van der Waals surface area (Å²) in [5, 5.41) is 5.59. The van der Waals surface area contributed by atoms with Crippen LogP contribution in [0.3, 0.4) is 0 Å². The first-order chi connectivity index (χ1) is 17.2. The van der Waals surface area contributed by atoms with Gasteiger partial charge in [0.2, 0.25) is 0 Å². The molecule has 178 valence electrons. The Bertz CT molecular complexity index is 1320. The number of pyridine rings is 2. The Morgan fingerprint density at radius 2 is 2.06 bits per heavy atom. The lowest BCUT2D eigenvalue weighted by Gasteiger charge is -2.25. The second kappa shape index (κ2) is 10.5. The van der Waals surface area contributed by atoms with Crippen molar-refractivity contribution in [2.75, 3.05) is 38.7 Å². The van der Waals surface area contributed by atoms with Crippen molar-refractivity contribution >= 4 is 28.2 Å². The minimum Gasteiger partial charge on any atom is -0.497 e. The fourth-order valence-corrected chi connectivity index (χ4v) is 4.54. The number of benzene rings is 2. The molecule has 1 atom stereocenters. The molecule has 4 aromatic rings. The van der Waals surface area contributed by atoms with E-state index < -0.39 is 0 Å². The monoisotopic (exact) mass is 468 g/mol. The van der Waals surface area contributed by atoms with Crippen molar-refractivity contribution < 1.29 is 14.3 Å². The largest absolute Gasteiger partial charge is 0.497 e. The molecule has 1 amide bonds. The Hall–Kier alpha value is -3.97. The van der Waals surface area contributed by atoms with E-state index in [1.807, 2.05) is 53.7 Å². The first-order valence-electron chi connectivity index (χ1n) is 11.8. The number of carbonyl (C=O) groups is 1. The molecule has 1 saturated heterocycles. The number of nitrogens with one attached hydrogen (secondary N) is 1. The van der Waals surface area contributed by atoms with Gasteiger partial charge in [0.25, 0.3) is 5.91 Å². The predicted molar refractivity (Wildman–Crippen MR) is 136 cm³/mol. The molecule has 1 fully saturated rings. The molecule has 2 aromatic heterocycles. The van der Waals surface area contributed by atoms with Crippen LogP contribution in [0.25, 0.3) is 10.8 Å². The molecular weight excluding hydrogens is 440 g/mol. The van der Waals surface area contributed by atoms with Gasteiger partial charge in [0.05, 0.1) is 25.9 Å². The van der Waals surface area contributed by atoms with Crippen LogP contribution in [0.5, 0.6) is 5.75 Å². The maximum atomic E-state index is 13.7. The van der Waals surface area contributed by atoms with Gasteiger partial charge in [-0.05, 0) is 47.7 Å². The van der Waals surface area contributed by atoms with Crippen molar-refractivity contribution in [3.63, 3.8) is 0 Å². The molecular formula is C28H28N4O3. The SMILES string of the molecule is COc1cccc(Nc2ncccc2C(=O)N2CCOC[C@@H](Cc3cccc4ccncc34)C2)c1. The van der Waals surface area contributed by atoms with Crippen LogP contribution in [0, 0.1) is 5.92 Å². The molecule has 0 saturated carbocycles. The molecule has 1 aliphatic heterocycles. The second-order valence-corrected chi connectivity index (χ2v) is 8.67. The highest BCUT2D eigenvalue weighted by Crippen LogP contribution is 2.25. The summed E-state index contributed by atoms with van der Waals surface area (Å²) < 4.78 is 11.2. The fourth-order valence-electron chi connectivity index (χ4n) is 4.54. The van der Waals surface area contributed by atoms with Gasteiger partial charge in [-0.1, -0.05) is 24.3 Å². The van der Waals surface area contributed by atoms with Crippen LogP contribution in [-0.2, 0) is 11.2 Å². The summed E-state index contributed by atoms with van der Waals surface area (Å²) in [7, 11) is 1.63. The number of rotatable bonds is 6. The highest BCUT2D eigenvalue weighted by molar-refractivity contribution is 5.99. The molecule has 1 N–H and O–H groups in total. The zero-order valence-electron chi connectivity index (χ0n) is 19.7. The molecule has 0 spiro atoms. The molecule has 0 radical (unpaired) electrons. The Balaban J connectivity index is 1.35. The number of fused-ring (bicyclic) bond motifs is 1. The zero-order valence-corrected chi connectivity index (χ0v) is 19.7. The third kappa shape index (κ3) is 5.25. The fraction of sp³-hybridized carbons (Fsp3) is 0.250. The van der Waals surface area contributed by atoms with Gasteiger partial charge in [0.1, 0.15) is 11.6 Å². The summed E-state index contributed by atoms with van der Waals surface area (Å²) in [5.74, 6) is 1.37. The molecule has 1 aliphatic rings. The van der Waals surface area contributed by atoms with Gasteiger partial charge in [-0.25, -0.2) is 4.98 Å². The molecule has 0 unspecified atom stereocenters. The molecule has 7 heteroatoms. The molecule has 3 heterocycles. The molecule has 7 nitrogen and oxygen atoms in total.